The lowest BCUT2D eigenvalue weighted by Gasteiger charge is -2.27. The minimum absolute atomic E-state index is 0.0629. The summed E-state index contributed by atoms with van der Waals surface area (Å²) in [7, 11) is 1.46. The number of pyridine rings is 1. The van der Waals surface area contributed by atoms with E-state index in [-0.39, 0.29) is 17.6 Å². The molecular weight excluding hydrogens is 530 g/mol. The molecule has 0 aliphatic carbocycles. The van der Waals surface area contributed by atoms with Gasteiger partial charge in [-0.3, -0.25) is 19.9 Å². The van der Waals surface area contributed by atoms with Gasteiger partial charge in [0.1, 0.15) is 23.3 Å². The summed E-state index contributed by atoms with van der Waals surface area (Å²) in [6.45, 7) is 3.73. The number of methoxy groups -OCH3 is 1. The summed E-state index contributed by atoms with van der Waals surface area (Å²) in [5.74, 6) is 1.37. The van der Waals surface area contributed by atoms with Crippen LogP contribution in [0.3, 0.4) is 0 Å². The number of anilines is 2. The second kappa shape index (κ2) is 11.1. The Bertz CT molecular complexity index is 1590. The summed E-state index contributed by atoms with van der Waals surface area (Å²) in [6, 6.07) is 18.8. The molecule has 10 nitrogen and oxygen atoms in total. The number of hydrogen-bond acceptors (Lipinski definition) is 7. The predicted octanol–water partition coefficient (Wildman–Crippen LogP) is 6.09. The highest BCUT2D eigenvalue weighted by atomic mass is 32.1. The zero-order valence-electron chi connectivity index (χ0n) is 22.1. The van der Waals surface area contributed by atoms with Crippen molar-refractivity contribution in [2.75, 3.05) is 17.3 Å². The van der Waals surface area contributed by atoms with Crippen molar-refractivity contribution in [2.45, 2.75) is 32.4 Å². The van der Waals surface area contributed by atoms with E-state index >= 15 is 0 Å². The van der Waals surface area contributed by atoms with Crippen molar-refractivity contribution in [3.63, 3.8) is 0 Å². The first-order valence-electron chi connectivity index (χ1n) is 12.6. The molecule has 4 aromatic rings. The number of ether oxygens (including phenoxy) is 1. The maximum atomic E-state index is 12.0. The van der Waals surface area contributed by atoms with E-state index in [9.17, 15) is 14.9 Å². The number of carbonyl (C=O) groups excluding carboxylic acids is 1. The first-order valence-corrected chi connectivity index (χ1v) is 13.0. The lowest BCUT2D eigenvalue weighted by Crippen LogP contribution is -2.29. The molecule has 1 fully saturated rings. The lowest BCUT2D eigenvalue weighted by atomic mass is 10.0. The van der Waals surface area contributed by atoms with Gasteiger partial charge in [0.2, 0.25) is 5.91 Å². The summed E-state index contributed by atoms with van der Waals surface area (Å²) < 4.78 is 11.8. The van der Waals surface area contributed by atoms with E-state index in [4.69, 9.17) is 21.4 Å². The molecule has 1 amide bonds. The zero-order valence-corrected chi connectivity index (χ0v) is 22.9. The largest absolute Gasteiger partial charge is 0.496 e. The minimum atomic E-state index is -0.471. The van der Waals surface area contributed by atoms with E-state index in [1.165, 1.54) is 19.2 Å². The van der Waals surface area contributed by atoms with Crippen molar-refractivity contribution in [1.82, 2.24) is 10.3 Å². The number of amides is 1. The molecule has 5 rings (SSSR count). The Balaban J connectivity index is 1.57. The normalized spacial score (nSPS) is 16.5. The number of aromatic nitrogens is 1. The van der Waals surface area contributed by atoms with Crippen LogP contribution in [0.15, 0.2) is 77.3 Å². The van der Waals surface area contributed by atoms with E-state index in [0.717, 1.165) is 22.6 Å². The van der Waals surface area contributed by atoms with Crippen LogP contribution in [0.25, 0.3) is 11.3 Å². The van der Waals surface area contributed by atoms with Crippen molar-refractivity contribution in [3.8, 4) is 17.1 Å². The van der Waals surface area contributed by atoms with Crippen molar-refractivity contribution in [3.05, 3.63) is 100 Å². The second-order valence-corrected chi connectivity index (χ2v) is 9.63. The van der Waals surface area contributed by atoms with Gasteiger partial charge in [-0.1, -0.05) is 13.0 Å². The highest BCUT2D eigenvalue weighted by Crippen LogP contribution is 2.44. The van der Waals surface area contributed by atoms with Gasteiger partial charge in [-0.05, 0) is 73.2 Å². The quantitative estimate of drug-likeness (QED) is 0.150. The minimum Gasteiger partial charge on any atom is -0.496 e. The molecule has 0 radical (unpaired) electrons. The van der Waals surface area contributed by atoms with Crippen molar-refractivity contribution >= 4 is 40.3 Å². The molecule has 0 spiro atoms. The first-order chi connectivity index (χ1) is 19.3. The molecule has 3 heterocycles. The first kappa shape index (κ1) is 26.8. The zero-order chi connectivity index (χ0) is 28.4. The number of hydrogen-bond donors (Lipinski definition) is 2. The molecule has 1 aliphatic heterocycles. The van der Waals surface area contributed by atoms with Crippen LogP contribution in [0.5, 0.6) is 5.75 Å². The molecule has 2 atom stereocenters. The van der Waals surface area contributed by atoms with Crippen LogP contribution in [0.1, 0.15) is 42.4 Å². The average Bonchev–Trinajstić information content (AvgIpc) is 3.58. The van der Waals surface area contributed by atoms with Gasteiger partial charge in [-0.2, -0.15) is 0 Å². The Morgan fingerprint density at radius 1 is 1.20 bits per heavy atom. The van der Waals surface area contributed by atoms with Crippen LogP contribution >= 0.6 is 12.2 Å². The fourth-order valence-corrected chi connectivity index (χ4v) is 5.10. The molecule has 0 unspecified atom stereocenters. The third kappa shape index (κ3) is 5.10. The van der Waals surface area contributed by atoms with Gasteiger partial charge < -0.3 is 24.7 Å². The number of aryl methyl sites for hydroxylation is 1. The van der Waals surface area contributed by atoms with Crippen molar-refractivity contribution < 1.29 is 18.9 Å². The van der Waals surface area contributed by atoms with Crippen LogP contribution in [-0.4, -0.2) is 28.0 Å². The van der Waals surface area contributed by atoms with Gasteiger partial charge in [0, 0.05) is 30.1 Å². The van der Waals surface area contributed by atoms with Crippen LogP contribution in [0.2, 0.25) is 0 Å². The Hall–Kier alpha value is -4.77. The molecule has 40 heavy (non-hydrogen) atoms. The van der Waals surface area contributed by atoms with Crippen LogP contribution in [0.4, 0.5) is 17.1 Å². The molecule has 0 saturated carbocycles. The van der Waals surface area contributed by atoms with E-state index in [0.29, 0.717) is 34.4 Å². The number of carbonyl (C=O) groups is 1. The fourth-order valence-electron chi connectivity index (χ4n) is 4.75. The smallest absolute Gasteiger partial charge is 0.273 e. The molecule has 1 aliphatic rings. The molecule has 0 bridgehead atoms. The van der Waals surface area contributed by atoms with Crippen LogP contribution in [-0.2, 0) is 4.79 Å². The fraction of sp³-hybridized carbons (Fsp3) is 0.207. The second-order valence-electron chi connectivity index (χ2n) is 9.24. The number of nitro groups is 1. The highest BCUT2D eigenvalue weighted by Gasteiger charge is 2.42. The van der Waals surface area contributed by atoms with Gasteiger partial charge in [0.05, 0.1) is 35.4 Å². The SMILES string of the molecule is CCC(=O)Nc1ccc(N2C(=S)N[C@H](c3ccccn3)[C@@H]2c2ccc(-c3ccc([N+](=O)[O-])cc3OC)o2)cc1C. The van der Waals surface area contributed by atoms with Crippen LogP contribution < -0.4 is 20.3 Å². The monoisotopic (exact) mass is 557 g/mol. The van der Waals surface area contributed by atoms with Gasteiger partial charge in [0.15, 0.2) is 5.11 Å². The summed E-state index contributed by atoms with van der Waals surface area (Å²) in [5.41, 5.74) is 3.73. The van der Waals surface area contributed by atoms with Gasteiger partial charge >= 0.3 is 0 Å². The third-order valence-electron chi connectivity index (χ3n) is 6.76. The summed E-state index contributed by atoms with van der Waals surface area (Å²) in [4.78, 5) is 29.3. The topological polar surface area (TPSA) is 123 Å². The molecule has 11 heteroatoms. The summed E-state index contributed by atoms with van der Waals surface area (Å²) >= 11 is 5.81. The molecule has 2 aromatic heterocycles. The Kier molecular flexibility index (Phi) is 7.47. The number of nitro benzene ring substituents is 1. The number of thiocarbonyl (C=S) groups is 1. The number of nitrogens with one attached hydrogen (secondary N) is 2. The number of furan rings is 1. The average molecular weight is 558 g/mol. The molecular formula is C29H27N5O5S. The Labute approximate surface area is 236 Å². The maximum Gasteiger partial charge on any atom is 0.273 e. The third-order valence-corrected chi connectivity index (χ3v) is 7.08. The Morgan fingerprint density at radius 2 is 2.02 bits per heavy atom. The maximum absolute atomic E-state index is 12.0. The van der Waals surface area contributed by atoms with Gasteiger partial charge in [-0.15, -0.1) is 0 Å². The number of benzene rings is 2. The van der Waals surface area contributed by atoms with E-state index in [1.807, 2.05) is 60.4 Å². The van der Waals surface area contributed by atoms with E-state index < -0.39 is 11.0 Å². The predicted molar refractivity (Wildman–Crippen MR) is 155 cm³/mol. The highest BCUT2D eigenvalue weighted by molar-refractivity contribution is 7.80. The molecule has 2 aromatic carbocycles. The number of nitrogens with zero attached hydrogens (tertiary/aromatic N) is 3. The van der Waals surface area contributed by atoms with Crippen LogP contribution in [0, 0.1) is 17.0 Å². The number of rotatable bonds is 8. The Morgan fingerprint density at radius 3 is 2.70 bits per heavy atom. The molecule has 2 N–H and O–H groups in total. The standard InChI is InChI=1S/C29H27N5O5S/c1-4-26(35)31-21-11-9-18(15-17(21)2)33-28(27(32-29(33)40)22-7-5-6-14-30-22)24-13-12-23(39-24)20-10-8-19(34(36)37)16-25(20)38-3/h5-16,27-28H,4H2,1-3H3,(H,31,35)(H,32,40)/t27-,28+/m1/s1. The summed E-state index contributed by atoms with van der Waals surface area (Å²) in [6.07, 6.45) is 2.11. The molecule has 204 valence electrons. The molecule has 1 saturated heterocycles. The summed E-state index contributed by atoms with van der Waals surface area (Å²) in [5, 5.41) is 18.1. The van der Waals surface area contributed by atoms with Crippen molar-refractivity contribution in [2.24, 2.45) is 0 Å². The van der Waals surface area contributed by atoms with Crippen molar-refractivity contribution in [1.29, 1.82) is 0 Å². The van der Waals surface area contributed by atoms with Gasteiger partial charge in [-0.25, -0.2) is 0 Å². The van der Waals surface area contributed by atoms with E-state index in [1.54, 1.807) is 19.2 Å². The van der Waals surface area contributed by atoms with E-state index in [2.05, 4.69) is 15.6 Å². The number of non-ortho nitro benzene ring substituents is 1. The lowest BCUT2D eigenvalue weighted by molar-refractivity contribution is -0.384. The van der Waals surface area contributed by atoms with Gasteiger partial charge in [0.25, 0.3) is 5.69 Å².